The minimum Gasteiger partial charge on any atom is -0.298 e. The van der Waals surface area contributed by atoms with Gasteiger partial charge in [-0.25, -0.2) is 13.8 Å². The van der Waals surface area contributed by atoms with Crippen molar-refractivity contribution in [2.75, 3.05) is 5.32 Å². The number of carbonyl (C=O) groups is 1. The molecule has 3 aromatic rings. The summed E-state index contributed by atoms with van der Waals surface area (Å²) >= 11 is 6.96. The van der Waals surface area contributed by atoms with Crippen molar-refractivity contribution in [3.05, 3.63) is 64.1 Å². The molecule has 116 valence electrons. The molecule has 3 rings (SSSR count). The van der Waals surface area contributed by atoms with E-state index in [-0.39, 0.29) is 10.6 Å². The highest BCUT2D eigenvalue weighted by Gasteiger charge is 2.16. The normalized spacial score (nSPS) is 10.6. The molecule has 1 amide bonds. The Morgan fingerprint density at radius 2 is 1.96 bits per heavy atom. The fourth-order valence-electron chi connectivity index (χ4n) is 1.82. The molecule has 0 saturated carbocycles. The summed E-state index contributed by atoms with van der Waals surface area (Å²) in [4.78, 5) is 20.5. The molecule has 1 N–H and O–H groups in total. The van der Waals surface area contributed by atoms with E-state index >= 15 is 0 Å². The van der Waals surface area contributed by atoms with Crippen LogP contribution in [-0.2, 0) is 0 Å². The molecule has 2 aromatic heterocycles. The molecule has 0 aliphatic carbocycles. The fraction of sp³-hybridized carbons (Fsp3) is 0. The average molecular weight is 352 g/mol. The van der Waals surface area contributed by atoms with Gasteiger partial charge in [0.2, 0.25) is 0 Å². The topological polar surface area (TPSA) is 54.9 Å². The zero-order chi connectivity index (χ0) is 16.4. The quantitative estimate of drug-likeness (QED) is 0.712. The first-order valence-electron chi connectivity index (χ1n) is 6.37. The first-order chi connectivity index (χ1) is 11.0. The molecule has 4 nitrogen and oxygen atoms in total. The van der Waals surface area contributed by atoms with Crippen LogP contribution in [0.1, 0.15) is 10.4 Å². The van der Waals surface area contributed by atoms with Crippen LogP contribution in [0.4, 0.5) is 13.9 Å². The fourth-order valence-corrected chi connectivity index (χ4v) is 2.76. The first kappa shape index (κ1) is 15.5. The Hall–Kier alpha value is -2.38. The summed E-state index contributed by atoms with van der Waals surface area (Å²) in [5.41, 5.74) is 1.09. The smallest absolute Gasteiger partial charge is 0.259 e. The first-order valence-corrected chi connectivity index (χ1v) is 7.63. The lowest BCUT2D eigenvalue weighted by Crippen LogP contribution is -2.13. The van der Waals surface area contributed by atoms with Crippen molar-refractivity contribution < 1.29 is 13.6 Å². The molecule has 0 aliphatic rings. The lowest BCUT2D eigenvalue weighted by atomic mass is 10.2. The molecule has 0 aliphatic heterocycles. The van der Waals surface area contributed by atoms with E-state index in [2.05, 4.69) is 15.3 Å². The third-order valence-corrected chi connectivity index (χ3v) is 3.98. The van der Waals surface area contributed by atoms with E-state index in [4.69, 9.17) is 11.6 Å². The van der Waals surface area contributed by atoms with Crippen molar-refractivity contribution in [3.63, 3.8) is 0 Å². The Labute approximate surface area is 138 Å². The van der Waals surface area contributed by atoms with Gasteiger partial charge in [-0.1, -0.05) is 17.7 Å². The molecule has 8 heteroatoms. The molecule has 23 heavy (non-hydrogen) atoms. The van der Waals surface area contributed by atoms with Crippen LogP contribution < -0.4 is 5.32 Å². The van der Waals surface area contributed by atoms with Crippen molar-refractivity contribution >= 4 is 34.0 Å². The highest BCUT2D eigenvalue weighted by atomic mass is 35.5. The molecule has 0 radical (unpaired) electrons. The molecular weight excluding hydrogens is 344 g/mol. The standard InChI is InChI=1S/C15H8ClF2N3OS/c16-9-6-11(18)10(17)5-8(9)14(22)21-15-20-13(7-23-15)12-3-1-2-4-19-12/h1-7H,(H,20,21,22). The van der Waals surface area contributed by atoms with Gasteiger partial charge in [0.15, 0.2) is 16.8 Å². The number of halogens is 3. The van der Waals surface area contributed by atoms with Gasteiger partial charge in [0, 0.05) is 11.6 Å². The maximum absolute atomic E-state index is 13.2. The Bertz CT molecular complexity index is 870. The van der Waals surface area contributed by atoms with Gasteiger partial charge in [-0.15, -0.1) is 11.3 Å². The number of carbonyl (C=O) groups excluding carboxylic acids is 1. The summed E-state index contributed by atoms with van der Waals surface area (Å²) in [6.07, 6.45) is 1.63. The van der Waals surface area contributed by atoms with Crippen LogP contribution in [0.5, 0.6) is 0 Å². The number of amides is 1. The third-order valence-electron chi connectivity index (χ3n) is 2.91. The number of nitrogens with one attached hydrogen (secondary N) is 1. The minimum atomic E-state index is -1.15. The van der Waals surface area contributed by atoms with E-state index in [0.717, 1.165) is 12.1 Å². The lowest BCUT2D eigenvalue weighted by molar-refractivity contribution is 0.102. The van der Waals surface area contributed by atoms with E-state index in [1.54, 1.807) is 23.7 Å². The summed E-state index contributed by atoms with van der Waals surface area (Å²) in [5.74, 6) is -2.93. The zero-order valence-corrected chi connectivity index (χ0v) is 13.0. The van der Waals surface area contributed by atoms with Gasteiger partial charge >= 0.3 is 0 Å². The number of anilines is 1. The SMILES string of the molecule is O=C(Nc1nc(-c2ccccn2)cs1)c1cc(F)c(F)cc1Cl. The average Bonchev–Trinajstić information content (AvgIpc) is 3.00. The minimum absolute atomic E-state index is 0.167. The summed E-state index contributed by atoms with van der Waals surface area (Å²) in [6.45, 7) is 0. The number of rotatable bonds is 3. The van der Waals surface area contributed by atoms with Crippen LogP contribution in [-0.4, -0.2) is 15.9 Å². The monoisotopic (exact) mass is 351 g/mol. The van der Waals surface area contributed by atoms with Crippen LogP contribution in [0.25, 0.3) is 11.4 Å². The molecule has 0 spiro atoms. The van der Waals surface area contributed by atoms with Gasteiger partial charge < -0.3 is 0 Å². The number of aromatic nitrogens is 2. The molecule has 0 fully saturated rings. The summed E-state index contributed by atoms with van der Waals surface area (Å²) in [7, 11) is 0. The van der Waals surface area contributed by atoms with Crippen LogP contribution in [0.2, 0.25) is 5.02 Å². The van der Waals surface area contributed by atoms with Crippen LogP contribution >= 0.6 is 22.9 Å². The van der Waals surface area contributed by atoms with Crippen molar-refractivity contribution in [2.24, 2.45) is 0 Å². The van der Waals surface area contributed by atoms with Gasteiger partial charge in [0.25, 0.3) is 5.91 Å². The Balaban J connectivity index is 1.82. The largest absolute Gasteiger partial charge is 0.298 e. The Morgan fingerprint density at radius 3 is 2.70 bits per heavy atom. The number of thiazole rings is 1. The zero-order valence-electron chi connectivity index (χ0n) is 11.4. The second-order valence-electron chi connectivity index (χ2n) is 4.45. The molecule has 0 saturated heterocycles. The molecule has 0 unspecified atom stereocenters. The van der Waals surface area contributed by atoms with Crippen LogP contribution in [0, 0.1) is 11.6 Å². The predicted octanol–water partition coefficient (Wildman–Crippen LogP) is 4.39. The highest BCUT2D eigenvalue weighted by molar-refractivity contribution is 7.14. The van der Waals surface area contributed by atoms with Crippen LogP contribution in [0.15, 0.2) is 41.9 Å². The Kier molecular flexibility index (Phi) is 4.31. The third kappa shape index (κ3) is 3.35. The van der Waals surface area contributed by atoms with Crippen molar-refractivity contribution in [1.29, 1.82) is 0 Å². The van der Waals surface area contributed by atoms with Crippen molar-refractivity contribution in [3.8, 4) is 11.4 Å². The van der Waals surface area contributed by atoms with Gasteiger partial charge in [-0.2, -0.15) is 0 Å². The summed E-state index contributed by atoms with van der Waals surface area (Å²) in [5, 5.41) is 4.35. The Morgan fingerprint density at radius 1 is 1.17 bits per heavy atom. The predicted molar refractivity (Wildman–Crippen MR) is 84.7 cm³/mol. The van der Waals surface area contributed by atoms with Gasteiger partial charge in [-0.3, -0.25) is 15.1 Å². The van der Waals surface area contributed by atoms with E-state index in [0.29, 0.717) is 16.5 Å². The van der Waals surface area contributed by atoms with Gasteiger partial charge in [0.1, 0.15) is 5.69 Å². The molecule has 0 bridgehead atoms. The summed E-state index contributed by atoms with van der Waals surface area (Å²) in [6, 6.07) is 6.89. The van der Waals surface area contributed by atoms with E-state index < -0.39 is 17.5 Å². The van der Waals surface area contributed by atoms with Gasteiger partial charge in [-0.05, 0) is 24.3 Å². The molecule has 0 atom stereocenters. The lowest BCUT2D eigenvalue weighted by Gasteiger charge is -2.05. The maximum atomic E-state index is 13.2. The van der Waals surface area contributed by atoms with Gasteiger partial charge in [0.05, 0.1) is 16.3 Å². The number of hydrogen-bond donors (Lipinski definition) is 1. The van der Waals surface area contributed by atoms with E-state index in [1.807, 2.05) is 6.07 Å². The molecule has 1 aromatic carbocycles. The molecule has 2 heterocycles. The van der Waals surface area contributed by atoms with E-state index in [1.165, 1.54) is 11.3 Å². The second-order valence-corrected chi connectivity index (χ2v) is 5.72. The second kappa shape index (κ2) is 6.39. The summed E-state index contributed by atoms with van der Waals surface area (Å²) < 4.78 is 26.3. The van der Waals surface area contributed by atoms with E-state index in [9.17, 15) is 13.6 Å². The van der Waals surface area contributed by atoms with Crippen molar-refractivity contribution in [2.45, 2.75) is 0 Å². The maximum Gasteiger partial charge on any atom is 0.259 e. The number of hydrogen-bond acceptors (Lipinski definition) is 4. The number of nitrogens with zero attached hydrogens (tertiary/aromatic N) is 2. The van der Waals surface area contributed by atoms with Crippen LogP contribution in [0.3, 0.4) is 0 Å². The molecular formula is C15H8ClF2N3OS. The van der Waals surface area contributed by atoms with Crippen molar-refractivity contribution in [1.82, 2.24) is 9.97 Å². The number of pyridine rings is 1. The highest BCUT2D eigenvalue weighted by Crippen LogP contribution is 2.25. The number of benzene rings is 1.